The zero-order valence-electron chi connectivity index (χ0n) is 17.2. The molecule has 2 saturated heterocycles. The normalized spacial score (nSPS) is 22.1. The number of amides is 2. The molecule has 0 bridgehead atoms. The molecule has 6 nitrogen and oxygen atoms in total. The second kappa shape index (κ2) is 9.07. The van der Waals surface area contributed by atoms with Crippen LogP contribution in [0.1, 0.15) is 60.3 Å². The summed E-state index contributed by atoms with van der Waals surface area (Å²) in [6.45, 7) is 14.3. The molecule has 0 spiro atoms. The number of carbonyl (C=O) groups is 2. The minimum Gasteiger partial charge on any atom is -0.444 e. The van der Waals surface area contributed by atoms with Crippen molar-refractivity contribution in [1.29, 1.82) is 0 Å². The third-order valence-electron chi connectivity index (χ3n) is 5.53. The van der Waals surface area contributed by atoms with Crippen LogP contribution in [0.4, 0.5) is 4.79 Å². The first kappa shape index (κ1) is 21.0. The number of ether oxygens (including phenoxy) is 1. The molecule has 0 aromatic rings. The molecule has 0 aliphatic carbocycles. The van der Waals surface area contributed by atoms with Gasteiger partial charge in [0.15, 0.2) is 0 Å². The summed E-state index contributed by atoms with van der Waals surface area (Å²) < 4.78 is 5.41. The Labute approximate surface area is 158 Å². The predicted molar refractivity (Wildman–Crippen MR) is 103 cm³/mol. The maximum atomic E-state index is 12.5. The van der Waals surface area contributed by atoms with Crippen molar-refractivity contribution in [1.82, 2.24) is 15.1 Å². The van der Waals surface area contributed by atoms with Gasteiger partial charge in [0.1, 0.15) is 5.60 Å². The van der Waals surface area contributed by atoms with Crippen molar-refractivity contribution in [2.24, 2.45) is 11.8 Å². The highest BCUT2D eigenvalue weighted by Gasteiger charge is 2.30. The average Bonchev–Trinajstić information content (AvgIpc) is 2.58. The van der Waals surface area contributed by atoms with Gasteiger partial charge < -0.3 is 15.0 Å². The van der Waals surface area contributed by atoms with E-state index in [0.717, 1.165) is 19.0 Å². The largest absolute Gasteiger partial charge is 0.444 e. The number of carbonyl (C=O) groups excluding carboxylic acids is 2. The van der Waals surface area contributed by atoms with Crippen LogP contribution in [0.2, 0.25) is 0 Å². The van der Waals surface area contributed by atoms with E-state index in [1.54, 1.807) is 4.90 Å². The molecule has 2 amide bonds. The first-order valence-corrected chi connectivity index (χ1v) is 10.2. The van der Waals surface area contributed by atoms with Gasteiger partial charge in [-0.2, -0.15) is 0 Å². The molecular weight excluding hydrogens is 330 g/mol. The number of rotatable bonds is 4. The van der Waals surface area contributed by atoms with E-state index in [1.165, 1.54) is 12.8 Å². The quantitative estimate of drug-likeness (QED) is 0.830. The van der Waals surface area contributed by atoms with Crippen LogP contribution in [-0.4, -0.2) is 66.2 Å². The highest BCUT2D eigenvalue weighted by Crippen LogP contribution is 2.20. The van der Waals surface area contributed by atoms with E-state index < -0.39 is 5.60 Å². The predicted octanol–water partition coefficient (Wildman–Crippen LogP) is 2.87. The van der Waals surface area contributed by atoms with Crippen LogP contribution in [0.5, 0.6) is 0 Å². The number of likely N-dealkylation sites (tertiary alicyclic amines) is 2. The van der Waals surface area contributed by atoms with Gasteiger partial charge in [-0.05, 0) is 72.4 Å². The molecule has 2 aliphatic heterocycles. The molecule has 0 aromatic heterocycles. The van der Waals surface area contributed by atoms with E-state index in [2.05, 4.69) is 24.1 Å². The van der Waals surface area contributed by atoms with Crippen molar-refractivity contribution in [2.45, 2.75) is 71.9 Å². The topological polar surface area (TPSA) is 61.9 Å². The van der Waals surface area contributed by atoms with Gasteiger partial charge in [-0.25, -0.2) is 4.79 Å². The molecule has 1 atom stereocenters. The van der Waals surface area contributed by atoms with Gasteiger partial charge in [-0.15, -0.1) is 0 Å². The van der Waals surface area contributed by atoms with Gasteiger partial charge in [0, 0.05) is 31.6 Å². The van der Waals surface area contributed by atoms with Crippen LogP contribution in [0.15, 0.2) is 0 Å². The fourth-order valence-electron chi connectivity index (χ4n) is 3.64. The fraction of sp³-hybridized carbons (Fsp3) is 0.900. The van der Waals surface area contributed by atoms with Crippen LogP contribution in [0.25, 0.3) is 0 Å². The van der Waals surface area contributed by atoms with Gasteiger partial charge >= 0.3 is 6.09 Å². The van der Waals surface area contributed by atoms with Crippen LogP contribution in [-0.2, 0) is 9.53 Å². The third-order valence-corrected chi connectivity index (χ3v) is 5.53. The van der Waals surface area contributed by atoms with Crippen LogP contribution >= 0.6 is 0 Å². The summed E-state index contributed by atoms with van der Waals surface area (Å²) in [5, 5.41) is 3.13. The second-order valence-electron chi connectivity index (χ2n) is 9.05. The number of hydrogen-bond donors (Lipinski definition) is 1. The van der Waals surface area contributed by atoms with Crippen LogP contribution in [0, 0.1) is 11.8 Å². The monoisotopic (exact) mass is 367 g/mol. The van der Waals surface area contributed by atoms with Crippen LogP contribution in [0.3, 0.4) is 0 Å². The molecule has 1 unspecified atom stereocenters. The highest BCUT2D eigenvalue weighted by atomic mass is 16.6. The van der Waals surface area contributed by atoms with E-state index in [9.17, 15) is 9.59 Å². The Morgan fingerprint density at radius 2 is 1.65 bits per heavy atom. The number of nitrogens with one attached hydrogen (secondary N) is 1. The summed E-state index contributed by atoms with van der Waals surface area (Å²) >= 11 is 0. The Hall–Kier alpha value is -1.30. The lowest BCUT2D eigenvalue weighted by Gasteiger charge is -2.36. The molecule has 0 radical (unpaired) electrons. The van der Waals surface area contributed by atoms with E-state index >= 15 is 0 Å². The summed E-state index contributed by atoms with van der Waals surface area (Å²) in [6.07, 6.45) is 3.65. The molecular formula is C20H37N3O3. The Bertz CT molecular complexity index is 473. The number of nitrogens with zero attached hydrogens (tertiary/aromatic N) is 2. The standard InChI is InChI=1S/C20H37N3O3/c1-15-6-10-22(11-7-15)16(2)14-21-18(24)17-8-12-23(13-9-17)19(25)26-20(3,4)5/h15-17H,6-14H2,1-5H3,(H,21,24). The molecule has 0 aromatic carbocycles. The minimum atomic E-state index is -0.478. The maximum Gasteiger partial charge on any atom is 0.410 e. The van der Waals surface area contributed by atoms with Gasteiger partial charge in [-0.3, -0.25) is 9.69 Å². The second-order valence-corrected chi connectivity index (χ2v) is 9.05. The van der Waals surface area contributed by atoms with E-state index in [4.69, 9.17) is 4.74 Å². The molecule has 2 aliphatic rings. The van der Waals surface area contributed by atoms with Crippen molar-refractivity contribution in [3.8, 4) is 0 Å². The zero-order chi connectivity index (χ0) is 19.3. The SMILES string of the molecule is CC1CCN(C(C)CNC(=O)C2CCN(C(=O)OC(C)(C)C)CC2)CC1. The Morgan fingerprint density at radius 1 is 1.08 bits per heavy atom. The van der Waals surface area contributed by atoms with Crippen molar-refractivity contribution in [3.05, 3.63) is 0 Å². The molecule has 1 N–H and O–H groups in total. The Kier molecular flexibility index (Phi) is 7.33. The van der Waals surface area contributed by atoms with Gasteiger partial charge in [-0.1, -0.05) is 6.92 Å². The average molecular weight is 368 g/mol. The number of hydrogen-bond acceptors (Lipinski definition) is 4. The first-order valence-electron chi connectivity index (χ1n) is 10.2. The lowest BCUT2D eigenvalue weighted by atomic mass is 9.96. The summed E-state index contributed by atoms with van der Waals surface area (Å²) in [7, 11) is 0. The number of piperidine rings is 2. The van der Waals surface area contributed by atoms with E-state index in [0.29, 0.717) is 38.5 Å². The molecule has 2 fully saturated rings. The van der Waals surface area contributed by atoms with Crippen molar-refractivity contribution >= 4 is 12.0 Å². The van der Waals surface area contributed by atoms with Gasteiger partial charge in [0.25, 0.3) is 0 Å². The lowest BCUT2D eigenvalue weighted by molar-refractivity contribution is -0.126. The third kappa shape index (κ3) is 6.45. The zero-order valence-corrected chi connectivity index (χ0v) is 17.2. The summed E-state index contributed by atoms with van der Waals surface area (Å²) in [5.41, 5.74) is -0.478. The molecule has 26 heavy (non-hydrogen) atoms. The first-order chi connectivity index (χ1) is 12.2. The highest BCUT2D eigenvalue weighted by molar-refractivity contribution is 5.79. The minimum absolute atomic E-state index is 0.00210. The van der Waals surface area contributed by atoms with E-state index in [1.807, 2.05) is 20.8 Å². The molecule has 6 heteroatoms. The Balaban J connectivity index is 1.69. The van der Waals surface area contributed by atoms with E-state index in [-0.39, 0.29) is 17.9 Å². The fourth-order valence-corrected chi connectivity index (χ4v) is 3.64. The molecule has 0 saturated carbocycles. The summed E-state index contributed by atoms with van der Waals surface area (Å²) in [4.78, 5) is 28.8. The molecule has 2 rings (SSSR count). The molecule has 2 heterocycles. The van der Waals surface area contributed by atoms with Crippen molar-refractivity contribution in [3.63, 3.8) is 0 Å². The van der Waals surface area contributed by atoms with Crippen LogP contribution < -0.4 is 5.32 Å². The molecule has 150 valence electrons. The lowest BCUT2D eigenvalue weighted by Crippen LogP contribution is -2.48. The van der Waals surface area contributed by atoms with Crippen molar-refractivity contribution < 1.29 is 14.3 Å². The summed E-state index contributed by atoms with van der Waals surface area (Å²) in [6, 6.07) is 0.383. The van der Waals surface area contributed by atoms with Gasteiger partial charge in [0.2, 0.25) is 5.91 Å². The van der Waals surface area contributed by atoms with Gasteiger partial charge in [0.05, 0.1) is 0 Å². The Morgan fingerprint density at radius 3 is 2.19 bits per heavy atom. The summed E-state index contributed by atoms with van der Waals surface area (Å²) in [5.74, 6) is 0.955. The maximum absolute atomic E-state index is 12.5. The smallest absolute Gasteiger partial charge is 0.410 e. The van der Waals surface area contributed by atoms with Crippen molar-refractivity contribution in [2.75, 3.05) is 32.7 Å².